The molecule has 8 nitrogen and oxygen atoms in total. The minimum atomic E-state index is -1.12. The van der Waals surface area contributed by atoms with Gasteiger partial charge >= 0.3 is 5.97 Å². The molecular weight excluding hydrogens is 456 g/mol. The molecule has 186 valence electrons. The minimum absolute atomic E-state index is 0.347. The van der Waals surface area contributed by atoms with Gasteiger partial charge in [0.2, 0.25) is 11.8 Å². The highest BCUT2D eigenvalue weighted by Crippen LogP contribution is 2.27. The van der Waals surface area contributed by atoms with Gasteiger partial charge in [-0.1, -0.05) is 57.2 Å². The van der Waals surface area contributed by atoms with Crippen molar-refractivity contribution in [2.75, 3.05) is 7.05 Å². The zero-order valence-electron chi connectivity index (χ0n) is 20.8. The number of carboxylic acids is 1. The number of nitrogens with one attached hydrogen (secondary N) is 2. The third-order valence-corrected chi connectivity index (χ3v) is 5.97. The van der Waals surface area contributed by atoms with Crippen LogP contribution in [-0.2, 0) is 14.4 Å². The van der Waals surface area contributed by atoms with Crippen molar-refractivity contribution >= 4 is 17.8 Å². The fraction of sp³-hybridized carbons (Fsp3) is 0.286. The van der Waals surface area contributed by atoms with Gasteiger partial charge in [0.15, 0.2) is 0 Å². The van der Waals surface area contributed by atoms with Crippen LogP contribution in [0.4, 0.5) is 0 Å². The SMILES string of the molecule is CNC(=O)C(NC(=O)C(CC(=O)O)n1ccc(-c2ccc(-c3ccc(C#N)cc3)cc2)c1)C(C)(C)C. The van der Waals surface area contributed by atoms with Crippen molar-refractivity contribution in [1.29, 1.82) is 5.26 Å². The second-order valence-electron chi connectivity index (χ2n) is 9.65. The van der Waals surface area contributed by atoms with E-state index in [9.17, 15) is 19.5 Å². The third-order valence-electron chi connectivity index (χ3n) is 5.97. The topological polar surface area (TPSA) is 124 Å². The molecule has 0 saturated carbocycles. The highest BCUT2D eigenvalue weighted by Gasteiger charge is 2.35. The molecule has 0 fully saturated rings. The van der Waals surface area contributed by atoms with Crippen molar-refractivity contribution in [3.63, 3.8) is 0 Å². The van der Waals surface area contributed by atoms with E-state index in [0.29, 0.717) is 5.56 Å². The minimum Gasteiger partial charge on any atom is -0.481 e. The summed E-state index contributed by atoms with van der Waals surface area (Å²) in [4.78, 5) is 37.1. The average Bonchev–Trinajstić information content (AvgIpc) is 3.34. The van der Waals surface area contributed by atoms with Crippen LogP contribution in [0.5, 0.6) is 0 Å². The summed E-state index contributed by atoms with van der Waals surface area (Å²) in [7, 11) is 1.49. The molecule has 3 rings (SSSR count). The molecule has 0 aliphatic rings. The number of carbonyl (C=O) groups excluding carboxylic acids is 2. The Hall–Kier alpha value is -4.38. The molecule has 1 aromatic heterocycles. The zero-order valence-corrected chi connectivity index (χ0v) is 20.8. The van der Waals surface area contributed by atoms with Gasteiger partial charge in [0, 0.05) is 19.4 Å². The van der Waals surface area contributed by atoms with Crippen LogP contribution >= 0.6 is 0 Å². The van der Waals surface area contributed by atoms with Crippen LogP contribution in [0.25, 0.3) is 22.3 Å². The third kappa shape index (κ3) is 6.19. The molecule has 2 unspecified atom stereocenters. The molecule has 0 aliphatic heterocycles. The normalized spacial score (nSPS) is 12.8. The van der Waals surface area contributed by atoms with Crippen molar-refractivity contribution in [1.82, 2.24) is 15.2 Å². The zero-order chi connectivity index (χ0) is 26.5. The van der Waals surface area contributed by atoms with Gasteiger partial charge in [-0.3, -0.25) is 14.4 Å². The molecule has 2 atom stereocenters. The molecule has 0 bridgehead atoms. The molecule has 2 amide bonds. The molecular formula is C28H30N4O4. The Bertz CT molecular complexity index is 1280. The van der Waals surface area contributed by atoms with E-state index in [2.05, 4.69) is 16.7 Å². The lowest BCUT2D eigenvalue weighted by atomic mass is 9.86. The smallest absolute Gasteiger partial charge is 0.306 e. The summed E-state index contributed by atoms with van der Waals surface area (Å²) in [6, 6.07) is 17.2. The predicted octanol–water partition coefficient (Wildman–Crippen LogP) is 3.99. The largest absolute Gasteiger partial charge is 0.481 e. The summed E-state index contributed by atoms with van der Waals surface area (Å²) < 4.78 is 1.57. The lowest BCUT2D eigenvalue weighted by Crippen LogP contribution is -2.54. The Balaban J connectivity index is 1.84. The standard InChI is InChI=1S/C28H30N4O4/c1-28(2,3)25(27(36)30-4)31-26(35)23(15-24(33)34)32-14-13-22(17-32)21-11-9-20(10-12-21)19-7-5-18(16-29)6-8-19/h5-14,17,23,25H,15H2,1-4H3,(H,30,36)(H,31,35)(H,33,34). The number of hydrogen-bond donors (Lipinski definition) is 3. The Morgan fingerprint density at radius 3 is 1.92 bits per heavy atom. The number of aromatic nitrogens is 1. The van der Waals surface area contributed by atoms with E-state index in [-0.39, 0.29) is 5.91 Å². The maximum Gasteiger partial charge on any atom is 0.306 e. The number of rotatable bonds is 8. The molecule has 2 aromatic carbocycles. The summed E-state index contributed by atoms with van der Waals surface area (Å²) in [5.41, 5.74) is 3.74. The monoisotopic (exact) mass is 486 g/mol. The number of carbonyl (C=O) groups is 3. The Labute approximate surface area is 210 Å². The van der Waals surface area contributed by atoms with Gasteiger partial charge in [-0.25, -0.2) is 0 Å². The number of amides is 2. The summed E-state index contributed by atoms with van der Waals surface area (Å²) in [5, 5.41) is 23.7. The van der Waals surface area contributed by atoms with Gasteiger partial charge in [-0.05, 0) is 45.9 Å². The molecule has 3 aromatic rings. The van der Waals surface area contributed by atoms with Gasteiger partial charge in [-0.2, -0.15) is 5.26 Å². The van der Waals surface area contributed by atoms with E-state index in [1.54, 1.807) is 29.1 Å². The highest BCUT2D eigenvalue weighted by atomic mass is 16.4. The quantitative estimate of drug-likeness (QED) is 0.444. The number of likely N-dealkylation sites (N-methyl/N-ethyl adjacent to an activating group) is 1. The van der Waals surface area contributed by atoms with Crippen molar-refractivity contribution in [3.05, 3.63) is 72.6 Å². The van der Waals surface area contributed by atoms with Crippen LogP contribution in [0.2, 0.25) is 0 Å². The van der Waals surface area contributed by atoms with Gasteiger partial charge in [-0.15, -0.1) is 0 Å². The van der Waals surface area contributed by atoms with Crippen molar-refractivity contribution in [2.45, 2.75) is 39.3 Å². The first-order valence-corrected chi connectivity index (χ1v) is 11.6. The lowest BCUT2D eigenvalue weighted by molar-refractivity contribution is -0.141. The highest BCUT2D eigenvalue weighted by molar-refractivity contribution is 5.91. The number of benzene rings is 2. The summed E-state index contributed by atoms with van der Waals surface area (Å²) in [6.07, 6.45) is 2.97. The van der Waals surface area contributed by atoms with E-state index in [4.69, 9.17) is 5.26 Å². The molecule has 0 radical (unpaired) electrons. The van der Waals surface area contributed by atoms with Crippen LogP contribution in [0.1, 0.15) is 38.8 Å². The van der Waals surface area contributed by atoms with Gasteiger partial charge in [0.05, 0.1) is 18.1 Å². The molecule has 8 heteroatoms. The number of nitriles is 1. The Kier molecular flexibility index (Phi) is 7.95. The second-order valence-corrected chi connectivity index (χ2v) is 9.65. The van der Waals surface area contributed by atoms with E-state index < -0.39 is 35.8 Å². The van der Waals surface area contributed by atoms with Gasteiger partial charge in [0.25, 0.3) is 0 Å². The first-order valence-electron chi connectivity index (χ1n) is 11.6. The summed E-state index contributed by atoms with van der Waals surface area (Å²) in [6.45, 7) is 5.48. The van der Waals surface area contributed by atoms with E-state index in [1.165, 1.54) is 7.05 Å². The van der Waals surface area contributed by atoms with Crippen LogP contribution < -0.4 is 10.6 Å². The maximum atomic E-state index is 13.2. The fourth-order valence-corrected chi connectivity index (χ4v) is 3.93. The fourth-order valence-electron chi connectivity index (χ4n) is 3.93. The Morgan fingerprint density at radius 2 is 1.44 bits per heavy atom. The Morgan fingerprint density at radius 1 is 0.917 bits per heavy atom. The molecule has 3 N–H and O–H groups in total. The number of aliphatic carboxylic acids is 1. The number of nitrogens with zero attached hydrogens (tertiary/aromatic N) is 2. The van der Waals surface area contributed by atoms with Crippen LogP contribution in [-0.4, -0.2) is 40.5 Å². The average molecular weight is 487 g/mol. The first kappa shape index (κ1) is 26.2. The molecule has 0 aliphatic carbocycles. The maximum absolute atomic E-state index is 13.2. The lowest BCUT2D eigenvalue weighted by Gasteiger charge is -2.31. The number of carboxylic acid groups (broad SMARTS) is 1. The predicted molar refractivity (Wildman–Crippen MR) is 137 cm³/mol. The van der Waals surface area contributed by atoms with Crippen LogP contribution in [0.15, 0.2) is 67.0 Å². The van der Waals surface area contributed by atoms with Crippen molar-refractivity contribution in [3.8, 4) is 28.3 Å². The van der Waals surface area contributed by atoms with Gasteiger partial charge < -0.3 is 20.3 Å². The van der Waals surface area contributed by atoms with E-state index in [0.717, 1.165) is 22.3 Å². The van der Waals surface area contributed by atoms with E-state index >= 15 is 0 Å². The van der Waals surface area contributed by atoms with Crippen LogP contribution in [0.3, 0.4) is 0 Å². The van der Waals surface area contributed by atoms with E-state index in [1.807, 2.05) is 63.2 Å². The van der Waals surface area contributed by atoms with Crippen LogP contribution in [0, 0.1) is 16.7 Å². The first-order chi connectivity index (χ1) is 17.0. The van der Waals surface area contributed by atoms with Gasteiger partial charge in [0.1, 0.15) is 12.1 Å². The summed E-state index contributed by atoms with van der Waals surface area (Å²) in [5.74, 6) is -2.01. The van der Waals surface area contributed by atoms with Crippen molar-refractivity contribution in [2.24, 2.45) is 5.41 Å². The number of hydrogen-bond acceptors (Lipinski definition) is 4. The molecule has 0 spiro atoms. The molecule has 36 heavy (non-hydrogen) atoms. The second kappa shape index (κ2) is 10.9. The molecule has 0 saturated heterocycles. The van der Waals surface area contributed by atoms with Crippen molar-refractivity contribution < 1.29 is 19.5 Å². The molecule has 1 heterocycles. The summed E-state index contributed by atoms with van der Waals surface area (Å²) >= 11 is 0.